The minimum atomic E-state index is -0.0154. The lowest BCUT2D eigenvalue weighted by Gasteiger charge is -2.18. The average Bonchev–Trinajstić information content (AvgIpc) is 2.41. The number of aliphatic hydroxyl groups excluding tert-OH is 1. The molecular weight excluding hydrogens is 266 g/mol. The molecule has 0 spiro atoms. The fourth-order valence-corrected chi connectivity index (χ4v) is 2.40. The van der Waals surface area contributed by atoms with Crippen LogP contribution in [0.1, 0.15) is 36.0 Å². The van der Waals surface area contributed by atoms with Gasteiger partial charge in [0.25, 0.3) is 5.91 Å². The maximum absolute atomic E-state index is 12.0. The predicted octanol–water partition coefficient (Wildman–Crippen LogP) is 2.61. The summed E-state index contributed by atoms with van der Waals surface area (Å²) in [6.07, 6.45) is 2.64. The number of carbonyl (C=O) groups is 1. The first kappa shape index (κ1) is 17.5. The number of amides is 1. The van der Waals surface area contributed by atoms with E-state index in [1.165, 1.54) is 5.56 Å². The van der Waals surface area contributed by atoms with Gasteiger partial charge in [-0.2, -0.15) is 0 Å². The molecule has 1 aromatic rings. The summed E-state index contributed by atoms with van der Waals surface area (Å²) >= 11 is 0. The van der Waals surface area contributed by atoms with Gasteiger partial charge in [0.05, 0.1) is 0 Å². The lowest BCUT2D eigenvalue weighted by Crippen LogP contribution is -2.32. The van der Waals surface area contributed by atoms with Crippen molar-refractivity contribution in [2.24, 2.45) is 0 Å². The second kappa shape index (κ2) is 8.67. The number of hydrogen-bond donors (Lipinski definition) is 1. The van der Waals surface area contributed by atoms with Crippen LogP contribution in [0, 0.1) is 20.8 Å². The summed E-state index contributed by atoms with van der Waals surface area (Å²) in [5.41, 5.74) is 3.32. The Morgan fingerprint density at radius 1 is 1.14 bits per heavy atom. The van der Waals surface area contributed by atoms with E-state index in [1.807, 2.05) is 13.8 Å². The van der Waals surface area contributed by atoms with Gasteiger partial charge in [0, 0.05) is 20.2 Å². The molecule has 1 amide bonds. The van der Waals surface area contributed by atoms with Crippen LogP contribution in [0.4, 0.5) is 0 Å². The number of aryl methyl sites for hydroxylation is 3. The Bertz CT molecular complexity index is 448. The molecule has 0 aliphatic heterocycles. The summed E-state index contributed by atoms with van der Waals surface area (Å²) in [7, 11) is 1.79. The topological polar surface area (TPSA) is 49.8 Å². The molecule has 1 rings (SSSR count). The summed E-state index contributed by atoms with van der Waals surface area (Å²) in [6.45, 7) is 7.04. The van der Waals surface area contributed by atoms with Crippen molar-refractivity contribution in [3.63, 3.8) is 0 Å². The van der Waals surface area contributed by atoms with Crippen LogP contribution < -0.4 is 4.74 Å². The summed E-state index contributed by atoms with van der Waals surface area (Å²) in [5, 5.41) is 8.72. The van der Waals surface area contributed by atoms with E-state index >= 15 is 0 Å². The van der Waals surface area contributed by atoms with E-state index in [1.54, 1.807) is 11.9 Å². The number of carbonyl (C=O) groups excluding carboxylic acids is 1. The van der Waals surface area contributed by atoms with Gasteiger partial charge in [0.2, 0.25) is 0 Å². The van der Waals surface area contributed by atoms with Crippen LogP contribution in [0.2, 0.25) is 0 Å². The van der Waals surface area contributed by atoms with Gasteiger partial charge < -0.3 is 14.7 Å². The Morgan fingerprint density at radius 2 is 1.76 bits per heavy atom. The maximum atomic E-state index is 12.0. The number of aliphatic hydroxyl groups is 1. The second-order valence-electron chi connectivity index (χ2n) is 5.62. The van der Waals surface area contributed by atoms with Crippen LogP contribution in [-0.4, -0.2) is 42.7 Å². The highest BCUT2D eigenvalue weighted by molar-refractivity contribution is 5.77. The van der Waals surface area contributed by atoms with Crippen molar-refractivity contribution in [3.05, 3.63) is 28.8 Å². The molecule has 0 aromatic heterocycles. The summed E-state index contributed by atoms with van der Waals surface area (Å²) < 4.78 is 5.70. The molecule has 4 heteroatoms. The Kier molecular flexibility index (Phi) is 7.23. The number of unbranched alkanes of at least 4 members (excludes halogenated alkanes) is 2. The van der Waals surface area contributed by atoms with E-state index in [9.17, 15) is 4.79 Å². The second-order valence-corrected chi connectivity index (χ2v) is 5.62. The van der Waals surface area contributed by atoms with Gasteiger partial charge in [0.1, 0.15) is 5.75 Å². The number of ether oxygens (including phenoxy) is 1. The quantitative estimate of drug-likeness (QED) is 0.750. The van der Waals surface area contributed by atoms with Crippen molar-refractivity contribution >= 4 is 5.91 Å². The molecule has 0 unspecified atom stereocenters. The van der Waals surface area contributed by atoms with Gasteiger partial charge >= 0.3 is 0 Å². The number of hydrogen-bond acceptors (Lipinski definition) is 3. The van der Waals surface area contributed by atoms with Gasteiger partial charge in [-0.3, -0.25) is 4.79 Å². The zero-order valence-electron chi connectivity index (χ0n) is 13.6. The van der Waals surface area contributed by atoms with Crippen LogP contribution in [0.3, 0.4) is 0 Å². The highest BCUT2D eigenvalue weighted by Gasteiger charge is 2.11. The number of rotatable bonds is 8. The van der Waals surface area contributed by atoms with Gasteiger partial charge in [-0.05, 0) is 51.2 Å². The highest BCUT2D eigenvalue weighted by Crippen LogP contribution is 2.24. The number of likely N-dealkylation sites (N-methyl/N-ethyl adjacent to an activating group) is 1. The molecule has 0 aliphatic rings. The molecule has 0 saturated carbocycles. The lowest BCUT2D eigenvalue weighted by molar-refractivity contribution is -0.132. The molecule has 0 bridgehead atoms. The summed E-state index contributed by atoms with van der Waals surface area (Å²) in [4.78, 5) is 13.7. The zero-order valence-corrected chi connectivity index (χ0v) is 13.6. The van der Waals surface area contributed by atoms with E-state index in [-0.39, 0.29) is 19.1 Å². The summed E-state index contributed by atoms with van der Waals surface area (Å²) in [5.74, 6) is 0.793. The SMILES string of the molecule is Cc1cc(C)c(OCC(=O)N(C)CCCCCO)c(C)c1. The van der Waals surface area contributed by atoms with E-state index in [4.69, 9.17) is 9.84 Å². The molecule has 0 heterocycles. The van der Waals surface area contributed by atoms with E-state index in [0.29, 0.717) is 6.54 Å². The zero-order chi connectivity index (χ0) is 15.8. The molecule has 0 fully saturated rings. The molecule has 0 atom stereocenters. The first-order valence-electron chi connectivity index (χ1n) is 7.51. The molecule has 0 aliphatic carbocycles. The summed E-state index contributed by atoms with van der Waals surface area (Å²) in [6, 6.07) is 4.12. The maximum Gasteiger partial charge on any atom is 0.260 e. The largest absolute Gasteiger partial charge is 0.483 e. The minimum Gasteiger partial charge on any atom is -0.483 e. The first-order valence-corrected chi connectivity index (χ1v) is 7.51. The Morgan fingerprint density at radius 3 is 2.33 bits per heavy atom. The third kappa shape index (κ3) is 5.76. The average molecular weight is 293 g/mol. The third-order valence-electron chi connectivity index (χ3n) is 3.52. The fraction of sp³-hybridized carbons (Fsp3) is 0.588. The molecule has 1 N–H and O–H groups in total. The third-order valence-corrected chi connectivity index (χ3v) is 3.52. The van der Waals surface area contributed by atoms with Gasteiger partial charge in [-0.1, -0.05) is 17.7 Å². The smallest absolute Gasteiger partial charge is 0.260 e. The van der Waals surface area contributed by atoms with E-state index in [2.05, 4.69) is 19.1 Å². The highest BCUT2D eigenvalue weighted by atomic mass is 16.5. The molecule has 21 heavy (non-hydrogen) atoms. The van der Waals surface area contributed by atoms with Crippen LogP contribution in [0.5, 0.6) is 5.75 Å². The fourth-order valence-electron chi connectivity index (χ4n) is 2.40. The van der Waals surface area contributed by atoms with Gasteiger partial charge in [-0.15, -0.1) is 0 Å². The van der Waals surface area contributed by atoms with Crippen molar-refractivity contribution in [1.82, 2.24) is 4.90 Å². The Labute approximate surface area is 127 Å². The van der Waals surface area contributed by atoms with Crippen molar-refractivity contribution in [1.29, 1.82) is 0 Å². The minimum absolute atomic E-state index is 0.0154. The van der Waals surface area contributed by atoms with Gasteiger partial charge in [-0.25, -0.2) is 0 Å². The predicted molar refractivity (Wildman–Crippen MR) is 84.7 cm³/mol. The van der Waals surface area contributed by atoms with E-state index < -0.39 is 0 Å². The molecule has 118 valence electrons. The lowest BCUT2D eigenvalue weighted by atomic mass is 10.1. The van der Waals surface area contributed by atoms with Crippen molar-refractivity contribution in [3.8, 4) is 5.75 Å². The van der Waals surface area contributed by atoms with Crippen molar-refractivity contribution in [2.45, 2.75) is 40.0 Å². The molecule has 0 radical (unpaired) electrons. The van der Waals surface area contributed by atoms with E-state index in [0.717, 1.165) is 36.1 Å². The number of benzene rings is 1. The Hall–Kier alpha value is -1.55. The van der Waals surface area contributed by atoms with Crippen LogP contribution in [0.25, 0.3) is 0 Å². The van der Waals surface area contributed by atoms with Crippen LogP contribution >= 0.6 is 0 Å². The molecule has 1 aromatic carbocycles. The Balaban J connectivity index is 2.46. The normalized spacial score (nSPS) is 10.5. The number of nitrogens with zero attached hydrogens (tertiary/aromatic N) is 1. The van der Waals surface area contributed by atoms with Crippen molar-refractivity contribution < 1.29 is 14.6 Å². The molecule has 0 saturated heterocycles. The first-order chi connectivity index (χ1) is 9.95. The van der Waals surface area contributed by atoms with Crippen LogP contribution in [0.15, 0.2) is 12.1 Å². The monoisotopic (exact) mass is 293 g/mol. The molecular formula is C17H27NO3. The molecule has 4 nitrogen and oxygen atoms in total. The van der Waals surface area contributed by atoms with Crippen LogP contribution in [-0.2, 0) is 4.79 Å². The van der Waals surface area contributed by atoms with Crippen molar-refractivity contribution in [2.75, 3.05) is 26.8 Å². The van der Waals surface area contributed by atoms with Gasteiger partial charge in [0.15, 0.2) is 6.61 Å². The standard InChI is InChI=1S/C17H27NO3/c1-13-10-14(2)17(15(3)11-13)21-12-16(20)18(4)8-6-5-7-9-19/h10-11,19H,5-9,12H2,1-4H3.